The van der Waals surface area contributed by atoms with Gasteiger partial charge in [-0.25, -0.2) is 4.79 Å². The highest BCUT2D eigenvalue weighted by molar-refractivity contribution is 5.82. The zero-order valence-electron chi connectivity index (χ0n) is 8.62. The van der Waals surface area contributed by atoms with Gasteiger partial charge in [-0.05, 0) is 12.1 Å². The Morgan fingerprint density at radius 2 is 2.38 bits per heavy atom. The van der Waals surface area contributed by atoms with Gasteiger partial charge in [0.25, 0.3) is 0 Å². The van der Waals surface area contributed by atoms with E-state index in [1.54, 1.807) is 12.1 Å². The van der Waals surface area contributed by atoms with E-state index in [9.17, 15) is 9.59 Å². The molecule has 2 rings (SSSR count). The van der Waals surface area contributed by atoms with Crippen LogP contribution in [0, 0.1) is 0 Å². The van der Waals surface area contributed by atoms with Crippen LogP contribution in [0.25, 0.3) is 0 Å². The first-order chi connectivity index (χ1) is 7.61. The van der Waals surface area contributed by atoms with E-state index in [2.05, 4.69) is 0 Å². The van der Waals surface area contributed by atoms with E-state index >= 15 is 0 Å². The van der Waals surface area contributed by atoms with Crippen molar-refractivity contribution < 1.29 is 23.8 Å². The zero-order chi connectivity index (χ0) is 11.7. The molecule has 1 fully saturated rings. The van der Waals surface area contributed by atoms with E-state index < -0.39 is 18.1 Å². The summed E-state index contributed by atoms with van der Waals surface area (Å²) in [6, 6.07) is 2.55. The van der Waals surface area contributed by atoms with Crippen molar-refractivity contribution in [3.05, 3.63) is 24.2 Å². The number of carbonyl (C=O) groups excluding carboxylic acids is 1. The van der Waals surface area contributed by atoms with Gasteiger partial charge in [-0.1, -0.05) is 0 Å². The quantitative estimate of drug-likeness (QED) is 0.781. The van der Waals surface area contributed by atoms with Gasteiger partial charge in [0, 0.05) is 7.05 Å². The Bertz CT molecular complexity index is 399. The van der Waals surface area contributed by atoms with Crippen molar-refractivity contribution >= 4 is 11.9 Å². The molecule has 1 saturated heterocycles. The van der Waals surface area contributed by atoms with Gasteiger partial charge >= 0.3 is 5.97 Å². The third kappa shape index (κ3) is 1.67. The lowest BCUT2D eigenvalue weighted by atomic mass is 10.1. The average molecular weight is 225 g/mol. The molecule has 2 unspecified atom stereocenters. The Hall–Kier alpha value is -1.82. The molecule has 1 aromatic heterocycles. The summed E-state index contributed by atoms with van der Waals surface area (Å²) in [5, 5.41) is 9.01. The standard InChI is InChI=1S/C10H11NO5/c1-11-7(12)5-16-9(10(13)14)8(11)6-3-2-4-15-6/h2-4,8-9H,5H2,1H3,(H,13,14). The third-order valence-corrected chi connectivity index (χ3v) is 2.56. The summed E-state index contributed by atoms with van der Waals surface area (Å²) < 4.78 is 10.1. The van der Waals surface area contributed by atoms with Crippen molar-refractivity contribution in [3.8, 4) is 0 Å². The monoisotopic (exact) mass is 225 g/mol. The molecule has 6 heteroatoms. The summed E-state index contributed by atoms with van der Waals surface area (Å²) in [5.41, 5.74) is 0. The first-order valence-electron chi connectivity index (χ1n) is 4.74. The van der Waals surface area contributed by atoms with Crippen LogP contribution < -0.4 is 0 Å². The van der Waals surface area contributed by atoms with Gasteiger partial charge in [-0.3, -0.25) is 4.79 Å². The zero-order valence-corrected chi connectivity index (χ0v) is 8.62. The highest BCUT2D eigenvalue weighted by atomic mass is 16.5. The summed E-state index contributed by atoms with van der Waals surface area (Å²) in [4.78, 5) is 23.8. The van der Waals surface area contributed by atoms with Crippen molar-refractivity contribution in [2.45, 2.75) is 12.1 Å². The lowest BCUT2D eigenvalue weighted by Crippen LogP contribution is -2.49. The number of carbonyl (C=O) groups is 2. The summed E-state index contributed by atoms with van der Waals surface area (Å²) >= 11 is 0. The van der Waals surface area contributed by atoms with E-state index in [4.69, 9.17) is 14.3 Å². The highest BCUT2D eigenvalue weighted by Gasteiger charge is 2.41. The SMILES string of the molecule is CN1C(=O)COC(C(=O)O)C1c1ccco1. The number of furan rings is 1. The van der Waals surface area contributed by atoms with Crippen LogP contribution in [-0.2, 0) is 14.3 Å². The Morgan fingerprint density at radius 1 is 1.62 bits per heavy atom. The molecule has 2 atom stereocenters. The molecule has 1 aliphatic heterocycles. The summed E-state index contributed by atoms with van der Waals surface area (Å²) in [7, 11) is 1.54. The molecule has 1 N–H and O–H groups in total. The molecule has 1 aromatic rings. The molecule has 16 heavy (non-hydrogen) atoms. The molecule has 2 heterocycles. The maximum atomic E-state index is 11.4. The number of hydrogen-bond acceptors (Lipinski definition) is 4. The van der Waals surface area contributed by atoms with Crippen molar-refractivity contribution in [3.63, 3.8) is 0 Å². The van der Waals surface area contributed by atoms with Gasteiger partial charge in [0.1, 0.15) is 18.4 Å². The maximum absolute atomic E-state index is 11.4. The van der Waals surface area contributed by atoms with Gasteiger partial charge in [0.15, 0.2) is 6.10 Å². The number of nitrogens with zero attached hydrogens (tertiary/aromatic N) is 1. The van der Waals surface area contributed by atoms with Crippen LogP contribution in [0.2, 0.25) is 0 Å². The molecule has 6 nitrogen and oxygen atoms in total. The molecule has 0 spiro atoms. The first-order valence-corrected chi connectivity index (χ1v) is 4.74. The fourth-order valence-electron chi connectivity index (χ4n) is 1.72. The number of morpholine rings is 1. The number of amides is 1. The van der Waals surface area contributed by atoms with Crippen LogP contribution >= 0.6 is 0 Å². The molecule has 0 saturated carbocycles. The number of carboxylic acid groups (broad SMARTS) is 1. The normalized spacial score (nSPS) is 25.8. The maximum Gasteiger partial charge on any atom is 0.335 e. The molecular weight excluding hydrogens is 214 g/mol. The number of hydrogen-bond donors (Lipinski definition) is 1. The molecular formula is C10H11NO5. The Kier molecular flexibility index (Phi) is 2.66. The van der Waals surface area contributed by atoms with Crippen LogP contribution in [0.1, 0.15) is 11.8 Å². The predicted molar refractivity (Wildman–Crippen MR) is 51.6 cm³/mol. The number of likely N-dealkylation sites (N-methyl/N-ethyl adjacent to an activating group) is 1. The van der Waals surface area contributed by atoms with Crippen LogP contribution in [0.5, 0.6) is 0 Å². The van der Waals surface area contributed by atoms with Crippen molar-refractivity contribution in [2.75, 3.05) is 13.7 Å². The van der Waals surface area contributed by atoms with Crippen LogP contribution in [0.15, 0.2) is 22.8 Å². The fourth-order valence-corrected chi connectivity index (χ4v) is 1.72. The molecule has 86 valence electrons. The molecule has 1 amide bonds. The van der Waals surface area contributed by atoms with Gasteiger partial charge in [0.05, 0.1) is 6.26 Å². The lowest BCUT2D eigenvalue weighted by molar-refractivity contribution is -0.172. The molecule has 0 aliphatic carbocycles. The summed E-state index contributed by atoms with van der Waals surface area (Å²) in [5.74, 6) is -0.970. The Morgan fingerprint density at radius 3 is 2.94 bits per heavy atom. The Balaban J connectivity index is 2.34. The summed E-state index contributed by atoms with van der Waals surface area (Å²) in [6.45, 7) is -0.218. The van der Waals surface area contributed by atoms with E-state index in [0.29, 0.717) is 5.76 Å². The summed E-state index contributed by atoms with van der Waals surface area (Å²) in [6.07, 6.45) is 0.343. The Labute approximate surface area is 91.4 Å². The number of ether oxygens (including phenoxy) is 1. The second-order valence-electron chi connectivity index (χ2n) is 3.53. The minimum Gasteiger partial charge on any atom is -0.479 e. The average Bonchev–Trinajstić information content (AvgIpc) is 2.74. The van der Waals surface area contributed by atoms with Crippen LogP contribution in [-0.4, -0.2) is 41.6 Å². The smallest absolute Gasteiger partial charge is 0.335 e. The lowest BCUT2D eigenvalue weighted by Gasteiger charge is -2.35. The number of carboxylic acids is 1. The second kappa shape index (κ2) is 3.97. The third-order valence-electron chi connectivity index (χ3n) is 2.56. The van der Waals surface area contributed by atoms with Gasteiger partial charge in [0.2, 0.25) is 5.91 Å². The van der Waals surface area contributed by atoms with Crippen molar-refractivity contribution in [2.24, 2.45) is 0 Å². The predicted octanol–water partition coefficient (Wildman–Crippen LogP) is 0.262. The van der Waals surface area contributed by atoms with Crippen LogP contribution in [0.4, 0.5) is 0 Å². The van der Waals surface area contributed by atoms with Crippen LogP contribution in [0.3, 0.4) is 0 Å². The fraction of sp³-hybridized carbons (Fsp3) is 0.400. The highest BCUT2D eigenvalue weighted by Crippen LogP contribution is 2.29. The largest absolute Gasteiger partial charge is 0.479 e. The van der Waals surface area contributed by atoms with E-state index in [1.807, 2.05) is 0 Å². The minimum atomic E-state index is -1.11. The molecule has 0 aromatic carbocycles. The topological polar surface area (TPSA) is 80.0 Å². The molecule has 0 bridgehead atoms. The van der Waals surface area contributed by atoms with E-state index in [1.165, 1.54) is 18.2 Å². The molecule has 0 radical (unpaired) electrons. The van der Waals surface area contributed by atoms with Crippen molar-refractivity contribution in [1.29, 1.82) is 0 Å². The second-order valence-corrected chi connectivity index (χ2v) is 3.53. The van der Waals surface area contributed by atoms with E-state index in [0.717, 1.165) is 0 Å². The number of aliphatic carboxylic acids is 1. The molecule has 1 aliphatic rings. The number of rotatable bonds is 2. The van der Waals surface area contributed by atoms with Crippen molar-refractivity contribution in [1.82, 2.24) is 4.90 Å². The van der Waals surface area contributed by atoms with E-state index in [-0.39, 0.29) is 12.5 Å². The van der Waals surface area contributed by atoms with Gasteiger partial charge < -0.3 is 19.2 Å². The van der Waals surface area contributed by atoms with Gasteiger partial charge in [-0.2, -0.15) is 0 Å². The first kappa shape index (κ1) is 10.7. The minimum absolute atomic E-state index is 0.218. The van der Waals surface area contributed by atoms with Gasteiger partial charge in [-0.15, -0.1) is 0 Å².